The Morgan fingerprint density at radius 3 is 2.19 bits per heavy atom. The third-order valence-corrected chi connectivity index (χ3v) is 5.55. The second-order valence-electron chi connectivity index (χ2n) is 6.47. The summed E-state index contributed by atoms with van der Waals surface area (Å²) in [5.41, 5.74) is -2.72. The van der Waals surface area contributed by atoms with Crippen LogP contribution in [0.15, 0.2) is 17.1 Å². The maximum Gasteiger partial charge on any atom is 0.480 e. The molecule has 0 spiro atoms. The molecule has 1 heterocycles. The molecule has 16 heteroatoms. The Morgan fingerprint density at radius 1 is 1.19 bits per heavy atom. The van der Waals surface area contributed by atoms with Crippen molar-refractivity contribution < 1.29 is 52.5 Å². The molecule has 0 saturated heterocycles. The number of nitrogens with one attached hydrogen (secondary N) is 1. The summed E-state index contributed by atoms with van der Waals surface area (Å²) in [4.78, 5) is 35.1. The number of ether oxygens (including phenoxy) is 2. The van der Waals surface area contributed by atoms with Gasteiger partial charge in [-0.2, -0.15) is 0 Å². The molecule has 0 saturated carbocycles. The molecular formula is C16H25N2O12PS. The van der Waals surface area contributed by atoms with Crippen LogP contribution < -0.4 is 5.56 Å². The van der Waals surface area contributed by atoms with Gasteiger partial charge in [-0.3, -0.25) is 28.5 Å². The molecule has 0 amide bonds. The highest BCUT2D eigenvalue weighted by Gasteiger charge is 2.40. The first kappa shape index (κ1) is 28.1. The summed E-state index contributed by atoms with van der Waals surface area (Å²) in [7, 11) is -4.41. The lowest BCUT2D eigenvalue weighted by Gasteiger charge is -2.34. The fraction of sp³-hybridized carbons (Fsp3) is 0.625. The van der Waals surface area contributed by atoms with Crippen LogP contribution in [0.5, 0.6) is 0 Å². The van der Waals surface area contributed by atoms with E-state index in [9.17, 15) is 34.3 Å². The van der Waals surface area contributed by atoms with Crippen LogP contribution in [0.1, 0.15) is 33.4 Å². The molecule has 0 aliphatic rings. The van der Waals surface area contributed by atoms with Crippen LogP contribution in [-0.4, -0.2) is 68.7 Å². The topological polar surface area (TPSA) is 196 Å². The maximum atomic E-state index is 12.5. The number of carbonyl (C=O) groups is 2. The van der Waals surface area contributed by atoms with E-state index in [1.807, 2.05) is 0 Å². The van der Waals surface area contributed by atoms with E-state index < -0.39 is 69.9 Å². The molecule has 14 nitrogen and oxygen atoms in total. The van der Waals surface area contributed by atoms with Crippen molar-refractivity contribution in [2.45, 2.75) is 45.1 Å². The summed E-state index contributed by atoms with van der Waals surface area (Å²) in [6, 6.07) is 1.06. The molecule has 32 heavy (non-hydrogen) atoms. The van der Waals surface area contributed by atoms with E-state index in [2.05, 4.69) is 14.5 Å². The summed E-state index contributed by atoms with van der Waals surface area (Å²) in [5.74, 6) is -1.48. The van der Waals surface area contributed by atoms with Gasteiger partial charge in [0.1, 0.15) is 5.60 Å². The Kier molecular flexibility index (Phi) is 10.8. The molecule has 0 aliphatic heterocycles. The zero-order valence-electron chi connectivity index (χ0n) is 17.5. The van der Waals surface area contributed by atoms with E-state index in [0.29, 0.717) is 0 Å². The molecule has 1 aromatic rings. The molecule has 4 N–H and O–H groups in total. The Labute approximate surface area is 187 Å². The SMILES string of the molecule is CC(=O)OCOP(=O)(OCCC(O)[C@@](C)(O)[C@@H](O)n1ccc(=O)[nH]c1=S)OCOC(C)=O. The lowest BCUT2D eigenvalue weighted by molar-refractivity contribution is -0.167. The van der Waals surface area contributed by atoms with Gasteiger partial charge in [-0.15, -0.1) is 0 Å². The standard InChI is InChI=1S/C16H25N2O12PS/c1-10(19)26-8-29-31(25,30-9-27-11(2)20)28-7-5-12(21)16(3,24)14(23)18-6-4-13(22)17-15(18)32/h4,6,12,14,21,23-24H,5,7-9H2,1-3H3,(H,17,22,32)/t12?,14-,16-/m1/s1. The minimum Gasteiger partial charge on any atom is -0.438 e. The summed E-state index contributed by atoms with van der Waals surface area (Å²) in [5, 5.41) is 31.3. The van der Waals surface area contributed by atoms with Gasteiger partial charge in [-0.1, -0.05) is 0 Å². The smallest absolute Gasteiger partial charge is 0.438 e. The Morgan fingerprint density at radius 2 is 1.72 bits per heavy atom. The highest BCUT2D eigenvalue weighted by Crippen LogP contribution is 2.49. The second-order valence-corrected chi connectivity index (χ2v) is 8.52. The van der Waals surface area contributed by atoms with Gasteiger partial charge in [0.15, 0.2) is 11.0 Å². The molecule has 0 aliphatic carbocycles. The summed E-state index contributed by atoms with van der Waals surface area (Å²) in [6.07, 6.45) is -2.68. The average molecular weight is 500 g/mol. The minimum absolute atomic E-state index is 0.198. The number of aromatic amines is 1. The van der Waals surface area contributed by atoms with Crippen LogP contribution in [0.25, 0.3) is 0 Å². The lowest BCUT2D eigenvalue weighted by atomic mass is 9.94. The number of aliphatic hydroxyl groups is 3. The van der Waals surface area contributed by atoms with Crippen LogP contribution in [0, 0.1) is 4.77 Å². The van der Waals surface area contributed by atoms with E-state index in [1.54, 1.807) is 0 Å². The normalized spacial score (nSPS) is 15.4. The van der Waals surface area contributed by atoms with Crippen LogP contribution in [-0.2, 0) is 37.2 Å². The lowest BCUT2D eigenvalue weighted by Crippen LogP contribution is -2.48. The van der Waals surface area contributed by atoms with Crippen molar-refractivity contribution in [2.75, 3.05) is 20.2 Å². The van der Waals surface area contributed by atoms with E-state index >= 15 is 0 Å². The van der Waals surface area contributed by atoms with Crippen molar-refractivity contribution in [1.82, 2.24) is 9.55 Å². The van der Waals surface area contributed by atoms with Crippen molar-refractivity contribution in [2.24, 2.45) is 0 Å². The van der Waals surface area contributed by atoms with Gasteiger partial charge in [0, 0.05) is 32.5 Å². The fourth-order valence-corrected chi connectivity index (χ4v) is 3.28. The molecule has 1 unspecified atom stereocenters. The van der Waals surface area contributed by atoms with Crippen LogP contribution in [0.2, 0.25) is 0 Å². The average Bonchev–Trinajstić information content (AvgIpc) is 2.66. The number of phosphoric ester groups is 1. The first-order valence-electron chi connectivity index (χ1n) is 8.99. The van der Waals surface area contributed by atoms with E-state index in [0.717, 1.165) is 37.6 Å². The maximum absolute atomic E-state index is 12.5. The van der Waals surface area contributed by atoms with Gasteiger partial charge in [0.2, 0.25) is 13.6 Å². The number of rotatable bonds is 13. The molecule has 0 bridgehead atoms. The molecule has 3 atom stereocenters. The zero-order valence-corrected chi connectivity index (χ0v) is 19.2. The zero-order chi connectivity index (χ0) is 24.5. The molecule has 0 aromatic carbocycles. The number of carbonyl (C=O) groups excluding carboxylic acids is 2. The summed E-state index contributed by atoms with van der Waals surface area (Å²) in [6.45, 7) is 1.13. The van der Waals surface area contributed by atoms with E-state index in [1.165, 1.54) is 0 Å². The van der Waals surface area contributed by atoms with Crippen molar-refractivity contribution in [3.05, 3.63) is 27.4 Å². The van der Waals surface area contributed by atoms with E-state index in [-0.39, 0.29) is 4.77 Å². The molecule has 0 radical (unpaired) electrons. The Hall–Kier alpha value is -1.97. The molecule has 1 aromatic heterocycles. The number of phosphoric acid groups is 1. The van der Waals surface area contributed by atoms with E-state index in [4.69, 9.17) is 25.8 Å². The first-order chi connectivity index (χ1) is 14.8. The number of H-pyrrole nitrogens is 1. The number of hydrogen-bond acceptors (Lipinski definition) is 13. The second kappa shape index (κ2) is 12.3. The fourth-order valence-electron chi connectivity index (χ4n) is 2.10. The van der Waals surface area contributed by atoms with Crippen LogP contribution in [0.4, 0.5) is 0 Å². The van der Waals surface area contributed by atoms with Crippen molar-refractivity contribution in [1.29, 1.82) is 0 Å². The van der Waals surface area contributed by atoms with Gasteiger partial charge in [0.25, 0.3) is 5.56 Å². The van der Waals surface area contributed by atoms with Gasteiger partial charge >= 0.3 is 19.8 Å². The van der Waals surface area contributed by atoms with Crippen molar-refractivity contribution >= 4 is 32.0 Å². The minimum atomic E-state index is -4.41. The summed E-state index contributed by atoms with van der Waals surface area (Å²) >= 11 is 4.91. The quantitative estimate of drug-likeness (QED) is 0.123. The number of nitrogens with zero attached hydrogens (tertiary/aromatic N) is 1. The third-order valence-electron chi connectivity index (χ3n) is 3.90. The molecular weight excluding hydrogens is 475 g/mol. The number of aliphatic hydroxyl groups excluding tert-OH is 2. The van der Waals surface area contributed by atoms with Gasteiger partial charge in [-0.05, 0) is 19.1 Å². The van der Waals surface area contributed by atoms with Crippen molar-refractivity contribution in [3.63, 3.8) is 0 Å². The first-order valence-corrected chi connectivity index (χ1v) is 10.9. The largest absolute Gasteiger partial charge is 0.480 e. The number of hydrogen-bond donors (Lipinski definition) is 4. The highest BCUT2D eigenvalue weighted by molar-refractivity contribution is 7.71. The predicted molar refractivity (Wildman–Crippen MR) is 107 cm³/mol. The van der Waals surface area contributed by atoms with Gasteiger partial charge in [0.05, 0.1) is 12.7 Å². The number of esters is 2. The molecule has 182 valence electrons. The Bertz CT molecular complexity index is 921. The third kappa shape index (κ3) is 8.88. The predicted octanol–water partition coefficient (Wildman–Crippen LogP) is 0.0979. The van der Waals surface area contributed by atoms with Gasteiger partial charge in [-0.25, -0.2) is 13.6 Å². The van der Waals surface area contributed by atoms with Gasteiger partial charge < -0.3 is 24.8 Å². The van der Waals surface area contributed by atoms with Crippen molar-refractivity contribution in [3.8, 4) is 0 Å². The Balaban J connectivity index is 2.77. The summed E-state index contributed by atoms with van der Waals surface area (Å²) < 4.78 is 36.8. The number of aromatic nitrogens is 2. The monoisotopic (exact) mass is 500 g/mol. The van der Waals surface area contributed by atoms with Crippen LogP contribution in [0.3, 0.4) is 0 Å². The van der Waals surface area contributed by atoms with Crippen LogP contribution >= 0.6 is 20.0 Å². The molecule has 1 rings (SSSR count). The molecule has 0 fully saturated rings. The highest BCUT2D eigenvalue weighted by atomic mass is 32.1.